The lowest BCUT2D eigenvalue weighted by Crippen LogP contribution is -2.55. The van der Waals surface area contributed by atoms with Crippen LogP contribution in [0.15, 0.2) is 48.9 Å². The number of hydrogen-bond donors (Lipinski definition) is 3. The molecule has 4 N–H and O–H groups in total. The molecule has 1 saturated carbocycles. The lowest BCUT2D eigenvalue weighted by Gasteiger charge is -2.43. The van der Waals surface area contributed by atoms with Gasteiger partial charge in [0.2, 0.25) is 5.95 Å². The first-order valence-corrected chi connectivity index (χ1v) is 14.0. The largest absolute Gasteiger partial charge is 0.453 e. The van der Waals surface area contributed by atoms with Crippen molar-refractivity contribution in [3.05, 3.63) is 71.7 Å². The summed E-state index contributed by atoms with van der Waals surface area (Å²) in [6, 6.07) is 6.91. The summed E-state index contributed by atoms with van der Waals surface area (Å²) in [5, 5.41) is 18.3. The number of likely N-dealkylation sites (N-methyl/N-ethyl adjacent to an activating group) is 1. The zero-order valence-corrected chi connectivity index (χ0v) is 24.0. The number of hydrogen-bond acceptors (Lipinski definition) is 9. The summed E-state index contributed by atoms with van der Waals surface area (Å²) in [4.78, 5) is 22.5. The van der Waals surface area contributed by atoms with Gasteiger partial charge in [0, 0.05) is 19.3 Å². The highest BCUT2D eigenvalue weighted by molar-refractivity contribution is 5.68. The molecule has 0 radical (unpaired) electrons. The molecule has 13 heteroatoms. The van der Waals surface area contributed by atoms with Gasteiger partial charge in [0.15, 0.2) is 0 Å². The number of nitrogens with one attached hydrogen (secondary N) is 1. The highest BCUT2D eigenvalue weighted by atomic mass is 19.1. The lowest BCUT2D eigenvalue weighted by molar-refractivity contribution is -0.184. The molecule has 226 valence electrons. The van der Waals surface area contributed by atoms with Gasteiger partial charge in [-0.05, 0) is 66.1 Å². The Bertz CT molecular complexity index is 1640. The molecule has 2 fully saturated rings. The third kappa shape index (κ3) is 5.17. The van der Waals surface area contributed by atoms with E-state index in [4.69, 9.17) is 15.2 Å². The standard InChI is InChI=1S/C30H33F2N7O4/c1-16-8-17(9-23(33)27(16)38(2)29(40)42-3)20-6-7-34-13-25(20)36-28-35-12-19-4-5-24(37-39(19)28)26-21(31)10-18(11-22(26)32)30(41)14-43-15-30/h4-7,10-13,16-17,23,27,41H,8-9,14-15,33H2,1-3H3,(H,35,36)/t16-,17+,23+,27-/m0/s1. The molecular formula is C30H33F2N7O4. The van der Waals surface area contributed by atoms with Gasteiger partial charge in [-0.25, -0.2) is 18.6 Å². The lowest BCUT2D eigenvalue weighted by atomic mass is 9.73. The molecule has 1 saturated heterocycles. The number of fused-ring (bicyclic) bond motifs is 1. The minimum absolute atomic E-state index is 0.0212. The maximum atomic E-state index is 15.2. The highest BCUT2D eigenvalue weighted by Crippen LogP contribution is 2.41. The molecule has 4 atom stereocenters. The Hall–Kier alpha value is -4.20. The Morgan fingerprint density at radius 2 is 1.95 bits per heavy atom. The number of pyridine rings is 1. The van der Waals surface area contributed by atoms with E-state index in [9.17, 15) is 9.90 Å². The number of amides is 1. The fraction of sp³-hybridized carbons (Fsp3) is 0.400. The van der Waals surface area contributed by atoms with Crippen LogP contribution < -0.4 is 11.1 Å². The SMILES string of the molecule is COC(=O)N(C)[C@@H]1[C@H](N)C[C@H](c2ccncc2Nc2ncc3ccc(-c4c(F)cc(C5(O)COC5)cc4F)nn23)C[C@@H]1C. The molecule has 11 nitrogen and oxygen atoms in total. The zero-order chi connectivity index (χ0) is 30.5. The van der Waals surface area contributed by atoms with Crippen molar-refractivity contribution in [2.45, 2.75) is 43.4 Å². The fourth-order valence-electron chi connectivity index (χ4n) is 6.40. The first-order chi connectivity index (χ1) is 20.6. The minimum atomic E-state index is -1.40. The van der Waals surface area contributed by atoms with Crippen molar-refractivity contribution in [3.63, 3.8) is 0 Å². The number of nitrogens with two attached hydrogens (primary N) is 1. The summed E-state index contributed by atoms with van der Waals surface area (Å²) in [6.07, 6.45) is 5.99. The molecule has 1 aliphatic carbocycles. The number of imidazole rings is 1. The van der Waals surface area contributed by atoms with E-state index in [0.717, 1.165) is 24.1 Å². The van der Waals surface area contributed by atoms with Gasteiger partial charge < -0.3 is 30.5 Å². The number of anilines is 2. The van der Waals surface area contributed by atoms with Gasteiger partial charge in [-0.3, -0.25) is 4.98 Å². The van der Waals surface area contributed by atoms with E-state index in [1.165, 1.54) is 17.7 Å². The smallest absolute Gasteiger partial charge is 0.409 e. The van der Waals surface area contributed by atoms with Gasteiger partial charge in [-0.15, -0.1) is 0 Å². The van der Waals surface area contributed by atoms with E-state index >= 15 is 8.78 Å². The first kappa shape index (κ1) is 28.9. The van der Waals surface area contributed by atoms with Gasteiger partial charge in [-0.1, -0.05) is 6.92 Å². The molecule has 0 bridgehead atoms. The van der Waals surface area contributed by atoms with Crippen molar-refractivity contribution >= 4 is 23.2 Å². The van der Waals surface area contributed by atoms with Gasteiger partial charge in [0.1, 0.15) is 17.2 Å². The summed E-state index contributed by atoms with van der Waals surface area (Å²) < 4.78 is 41.8. The summed E-state index contributed by atoms with van der Waals surface area (Å²) in [5.74, 6) is -1.18. The number of aliphatic hydroxyl groups is 1. The van der Waals surface area contributed by atoms with Crippen molar-refractivity contribution < 1.29 is 28.2 Å². The first-order valence-electron chi connectivity index (χ1n) is 14.0. The van der Waals surface area contributed by atoms with E-state index in [0.29, 0.717) is 23.6 Å². The second kappa shape index (κ2) is 11.1. The Kier molecular flexibility index (Phi) is 7.48. The van der Waals surface area contributed by atoms with Crippen molar-refractivity contribution in [3.8, 4) is 11.3 Å². The van der Waals surface area contributed by atoms with E-state index in [1.54, 1.807) is 36.6 Å². The van der Waals surface area contributed by atoms with Crippen LogP contribution >= 0.6 is 0 Å². The number of ether oxygens (including phenoxy) is 2. The number of halogens is 2. The molecule has 0 spiro atoms. The Morgan fingerprint density at radius 1 is 1.21 bits per heavy atom. The number of rotatable bonds is 6. The molecular weight excluding hydrogens is 560 g/mol. The molecule has 1 aliphatic heterocycles. The molecule has 4 aromatic rings. The number of carbonyl (C=O) groups excluding carboxylic acids is 1. The summed E-state index contributed by atoms with van der Waals surface area (Å²) >= 11 is 0. The molecule has 1 amide bonds. The van der Waals surface area contributed by atoms with Crippen molar-refractivity contribution in [2.75, 3.05) is 32.7 Å². The Labute approximate surface area is 246 Å². The topological polar surface area (TPSA) is 140 Å². The number of aromatic nitrogens is 4. The maximum absolute atomic E-state index is 15.2. The van der Waals surface area contributed by atoms with Crippen LogP contribution in [0.1, 0.15) is 36.8 Å². The van der Waals surface area contributed by atoms with Crippen LogP contribution in [0.25, 0.3) is 16.8 Å². The van der Waals surface area contributed by atoms with Crippen LogP contribution in [0.2, 0.25) is 0 Å². The average molecular weight is 594 g/mol. The van der Waals surface area contributed by atoms with Crippen molar-refractivity contribution in [2.24, 2.45) is 11.7 Å². The second-order valence-corrected chi connectivity index (χ2v) is 11.4. The number of carbonyl (C=O) groups is 1. The van der Waals surface area contributed by atoms with E-state index in [-0.39, 0.29) is 54.0 Å². The molecule has 4 heterocycles. The minimum Gasteiger partial charge on any atom is -0.453 e. The van der Waals surface area contributed by atoms with Crippen LogP contribution in [-0.2, 0) is 15.1 Å². The van der Waals surface area contributed by atoms with E-state index in [2.05, 4.69) is 27.3 Å². The molecule has 2 aliphatic rings. The summed E-state index contributed by atoms with van der Waals surface area (Å²) in [6.45, 7) is 2.03. The van der Waals surface area contributed by atoms with Crippen molar-refractivity contribution in [1.82, 2.24) is 24.5 Å². The number of benzene rings is 1. The van der Waals surface area contributed by atoms with Crippen molar-refractivity contribution in [1.29, 1.82) is 0 Å². The van der Waals surface area contributed by atoms with Gasteiger partial charge >= 0.3 is 6.09 Å². The molecule has 6 rings (SSSR count). The van der Waals surface area contributed by atoms with Crippen LogP contribution in [0.3, 0.4) is 0 Å². The summed E-state index contributed by atoms with van der Waals surface area (Å²) in [5.41, 5.74) is 7.35. The zero-order valence-electron chi connectivity index (χ0n) is 24.0. The normalized spacial score (nSPS) is 23.0. The van der Waals surface area contributed by atoms with Gasteiger partial charge in [0.05, 0.1) is 61.2 Å². The Morgan fingerprint density at radius 3 is 2.60 bits per heavy atom. The van der Waals surface area contributed by atoms with Crippen LogP contribution in [0.4, 0.5) is 25.2 Å². The average Bonchev–Trinajstić information content (AvgIpc) is 3.36. The molecule has 3 aromatic heterocycles. The highest BCUT2D eigenvalue weighted by Gasteiger charge is 2.40. The summed E-state index contributed by atoms with van der Waals surface area (Å²) in [7, 11) is 3.06. The second-order valence-electron chi connectivity index (χ2n) is 11.4. The van der Waals surface area contributed by atoms with Crippen LogP contribution in [-0.4, -0.2) is 75.1 Å². The number of nitrogens with zero attached hydrogens (tertiary/aromatic N) is 5. The molecule has 1 aromatic carbocycles. The fourth-order valence-corrected chi connectivity index (χ4v) is 6.40. The molecule has 0 unspecified atom stereocenters. The van der Waals surface area contributed by atoms with Crippen LogP contribution in [0.5, 0.6) is 0 Å². The monoisotopic (exact) mass is 593 g/mol. The Balaban J connectivity index is 1.28. The third-order valence-corrected chi connectivity index (χ3v) is 8.59. The maximum Gasteiger partial charge on any atom is 0.409 e. The predicted octanol–water partition coefficient (Wildman–Crippen LogP) is 3.94. The van der Waals surface area contributed by atoms with E-state index in [1.807, 2.05) is 6.07 Å². The van der Waals surface area contributed by atoms with Gasteiger partial charge in [0.25, 0.3) is 0 Å². The van der Waals surface area contributed by atoms with Gasteiger partial charge in [-0.2, -0.15) is 9.61 Å². The quantitative estimate of drug-likeness (QED) is 0.303. The van der Waals surface area contributed by atoms with Crippen LogP contribution in [0, 0.1) is 17.6 Å². The number of methoxy groups -OCH3 is 1. The molecule has 43 heavy (non-hydrogen) atoms. The van der Waals surface area contributed by atoms with E-state index < -0.39 is 23.3 Å². The third-order valence-electron chi connectivity index (χ3n) is 8.59. The predicted molar refractivity (Wildman–Crippen MR) is 154 cm³/mol.